The van der Waals surface area contributed by atoms with E-state index in [0.29, 0.717) is 4.90 Å². The molecule has 1 saturated heterocycles. The summed E-state index contributed by atoms with van der Waals surface area (Å²) in [5, 5.41) is 4.92. The number of amides is 2. The van der Waals surface area contributed by atoms with E-state index in [0.717, 1.165) is 31.2 Å². The zero-order chi connectivity index (χ0) is 15.9. The van der Waals surface area contributed by atoms with Gasteiger partial charge in [-0.1, -0.05) is 0 Å². The average Bonchev–Trinajstić information content (AvgIpc) is 2.59. The van der Waals surface area contributed by atoms with E-state index >= 15 is 0 Å². The Morgan fingerprint density at radius 3 is 2.05 bits per heavy atom. The molecule has 1 heterocycles. The number of primary sulfonamides is 1. The van der Waals surface area contributed by atoms with E-state index in [2.05, 4.69) is 0 Å². The van der Waals surface area contributed by atoms with Crippen molar-refractivity contribution in [2.75, 3.05) is 4.90 Å². The molecule has 0 bridgehead atoms. The predicted octanol–water partition coefficient (Wildman–Crippen LogP) is -1.02. The molecule has 0 aliphatic carbocycles. The molecule has 0 saturated carbocycles. The summed E-state index contributed by atoms with van der Waals surface area (Å²) in [6.45, 7) is 1.04. The highest BCUT2D eigenvalue weighted by atomic mass is 32.2. The number of imide groups is 1. The number of sulfonamides is 1. The van der Waals surface area contributed by atoms with Crippen LogP contribution in [0, 0.1) is 5.92 Å². The van der Waals surface area contributed by atoms with Gasteiger partial charge in [0.15, 0.2) is 5.92 Å². The van der Waals surface area contributed by atoms with Crippen molar-refractivity contribution < 1.29 is 27.6 Å². The van der Waals surface area contributed by atoms with Gasteiger partial charge in [0, 0.05) is 0 Å². The molecule has 8 nitrogen and oxygen atoms in total. The number of hydrogen-bond acceptors (Lipinski definition) is 6. The highest BCUT2D eigenvalue weighted by Crippen LogP contribution is 2.25. The summed E-state index contributed by atoms with van der Waals surface area (Å²) in [4.78, 5) is 47.0. The fourth-order valence-electron chi connectivity index (χ4n) is 1.96. The normalized spacial score (nSPS) is 19.2. The number of nitrogens with zero attached hydrogens (tertiary/aromatic N) is 1. The van der Waals surface area contributed by atoms with Crippen LogP contribution in [0.5, 0.6) is 0 Å². The molecule has 2 N–H and O–H groups in total. The second kappa shape index (κ2) is 4.86. The third kappa shape index (κ3) is 2.48. The van der Waals surface area contributed by atoms with Crippen molar-refractivity contribution in [3.05, 3.63) is 24.3 Å². The summed E-state index contributed by atoms with van der Waals surface area (Å²) in [5.41, 5.74) is -0.00509. The lowest BCUT2D eigenvalue weighted by atomic mass is 10.0. The Balaban J connectivity index is 2.43. The van der Waals surface area contributed by atoms with Gasteiger partial charge in [-0.15, -0.1) is 0 Å². The molecule has 1 aliphatic rings. The van der Waals surface area contributed by atoms with Crippen molar-refractivity contribution in [3.8, 4) is 0 Å². The quantitative estimate of drug-likeness (QED) is 0.432. The zero-order valence-corrected chi connectivity index (χ0v) is 11.6. The molecule has 0 spiro atoms. The molecule has 110 valence electrons. The number of Topliss-reactive ketones (excluding diaryl/α,β-unsaturated/α-hetero) is 2. The smallest absolute Gasteiger partial charge is 0.299 e. The summed E-state index contributed by atoms with van der Waals surface area (Å²) in [7, 11) is -3.91. The van der Waals surface area contributed by atoms with Gasteiger partial charge in [-0.05, 0) is 31.2 Å². The molecule has 1 atom stereocenters. The summed E-state index contributed by atoms with van der Waals surface area (Å²) >= 11 is 0. The van der Waals surface area contributed by atoms with Crippen molar-refractivity contribution in [2.24, 2.45) is 11.1 Å². The largest absolute Gasteiger partial charge is 0.302 e. The highest BCUT2D eigenvalue weighted by molar-refractivity contribution is 7.89. The number of anilines is 1. The van der Waals surface area contributed by atoms with Crippen LogP contribution in [0.1, 0.15) is 6.92 Å². The van der Waals surface area contributed by atoms with Gasteiger partial charge in [0.2, 0.25) is 15.8 Å². The fraction of sp³-hybridized carbons (Fsp3) is 0.167. The minimum absolute atomic E-state index is 0.00509. The van der Waals surface area contributed by atoms with Crippen molar-refractivity contribution in [3.63, 3.8) is 0 Å². The topological polar surface area (TPSA) is 132 Å². The van der Waals surface area contributed by atoms with Crippen LogP contribution in [0.2, 0.25) is 0 Å². The predicted molar refractivity (Wildman–Crippen MR) is 69.5 cm³/mol. The maximum Gasteiger partial charge on any atom is 0.302 e. The molecule has 0 radical (unpaired) electrons. The third-order valence-corrected chi connectivity index (χ3v) is 3.90. The van der Waals surface area contributed by atoms with Gasteiger partial charge in [0.1, 0.15) is 5.78 Å². The molecular formula is C12H10N2O6S. The van der Waals surface area contributed by atoms with Crippen molar-refractivity contribution in [2.45, 2.75) is 11.8 Å². The first kappa shape index (κ1) is 15.0. The summed E-state index contributed by atoms with van der Waals surface area (Å²) in [6.07, 6.45) is 0. The molecule has 0 aromatic heterocycles. The average molecular weight is 310 g/mol. The van der Waals surface area contributed by atoms with Gasteiger partial charge < -0.3 is 0 Å². The minimum atomic E-state index is -3.91. The first-order valence-electron chi connectivity index (χ1n) is 5.70. The van der Waals surface area contributed by atoms with Crippen LogP contribution >= 0.6 is 0 Å². The molecule has 21 heavy (non-hydrogen) atoms. The maximum absolute atomic E-state index is 12.0. The van der Waals surface area contributed by atoms with E-state index in [1.807, 2.05) is 0 Å². The zero-order valence-electron chi connectivity index (χ0n) is 10.8. The maximum atomic E-state index is 12.0. The molecule has 2 amide bonds. The van der Waals surface area contributed by atoms with Crippen LogP contribution in [0.4, 0.5) is 5.69 Å². The lowest BCUT2D eigenvalue weighted by molar-refractivity contribution is -0.139. The molecule has 0 unspecified atom stereocenters. The molecule has 1 fully saturated rings. The Morgan fingerprint density at radius 2 is 1.67 bits per heavy atom. The van der Waals surface area contributed by atoms with Gasteiger partial charge in [-0.2, -0.15) is 0 Å². The van der Waals surface area contributed by atoms with Crippen molar-refractivity contribution in [1.29, 1.82) is 0 Å². The standard InChI is InChI=1S/C12H10N2O6S/c1-6(15)9-10(16)12(18)14(11(9)17)7-2-4-8(5-3-7)21(13,19)20/h2-5,9H,1H3,(H2,13,19,20)/t9-/m1/s1. The Kier molecular flexibility index (Phi) is 3.47. The highest BCUT2D eigenvalue weighted by Gasteiger charge is 2.49. The third-order valence-electron chi connectivity index (χ3n) is 2.97. The minimum Gasteiger partial charge on any atom is -0.299 e. The molecule has 1 aromatic carbocycles. The number of benzene rings is 1. The molecule has 9 heteroatoms. The van der Waals surface area contributed by atoms with Gasteiger partial charge in [0.25, 0.3) is 5.91 Å². The second-order valence-corrected chi connectivity index (χ2v) is 5.99. The number of nitrogens with two attached hydrogens (primary N) is 1. The Bertz CT molecular complexity index is 765. The van der Waals surface area contributed by atoms with Gasteiger partial charge >= 0.3 is 5.91 Å². The van der Waals surface area contributed by atoms with Crippen LogP contribution in [0.3, 0.4) is 0 Å². The molecular weight excluding hydrogens is 300 g/mol. The van der Waals surface area contributed by atoms with E-state index in [1.54, 1.807) is 0 Å². The van der Waals surface area contributed by atoms with Crippen LogP contribution in [0.15, 0.2) is 29.2 Å². The van der Waals surface area contributed by atoms with Gasteiger partial charge in [0.05, 0.1) is 10.6 Å². The Hall–Kier alpha value is -2.39. The number of carbonyl (C=O) groups excluding carboxylic acids is 4. The first-order chi connectivity index (χ1) is 9.64. The van der Waals surface area contributed by atoms with E-state index in [4.69, 9.17) is 5.14 Å². The van der Waals surface area contributed by atoms with Gasteiger partial charge in [-0.3, -0.25) is 19.2 Å². The second-order valence-electron chi connectivity index (χ2n) is 4.43. The summed E-state index contributed by atoms with van der Waals surface area (Å²) in [5.74, 6) is -5.51. The monoisotopic (exact) mass is 310 g/mol. The fourth-order valence-corrected chi connectivity index (χ4v) is 2.48. The van der Waals surface area contributed by atoms with Crippen molar-refractivity contribution in [1.82, 2.24) is 0 Å². The lowest BCUT2D eigenvalue weighted by Crippen LogP contribution is -2.32. The van der Waals surface area contributed by atoms with E-state index in [9.17, 15) is 27.6 Å². The molecule has 2 rings (SSSR count). The molecule has 1 aromatic rings. The Morgan fingerprint density at radius 1 is 1.14 bits per heavy atom. The van der Waals surface area contributed by atoms with Crippen LogP contribution in [-0.4, -0.2) is 31.8 Å². The number of carbonyl (C=O) groups is 4. The number of ketones is 2. The van der Waals surface area contributed by atoms with Crippen LogP contribution in [0.25, 0.3) is 0 Å². The summed E-state index contributed by atoms with van der Waals surface area (Å²) < 4.78 is 22.2. The SMILES string of the molecule is CC(=O)[C@@H]1C(=O)C(=O)N(c2ccc(S(N)(=O)=O)cc2)C1=O. The van der Waals surface area contributed by atoms with Crippen LogP contribution in [-0.2, 0) is 29.2 Å². The Labute approximate surface area is 119 Å². The van der Waals surface area contributed by atoms with E-state index < -0.39 is 39.3 Å². The lowest BCUT2D eigenvalue weighted by Gasteiger charge is -2.13. The number of hydrogen-bond donors (Lipinski definition) is 1. The summed E-state index contributed by atoms with van der Waals surface area (Å²) in [6, 6.07) is 4.50. The van der Waals surface area contributed by atoms with Crippen LogP contribution < -0.4 is 10.0 Å². The molecule has 1 aliphatic heterocycles. The van der Waals surface area contributed by atoms with E-state index in [-0.39, 0.29) is 10.6 Å². The number of rotatable bonds is 3. The first-order valence-corrected chi connectivity index (χ1v) is 7.24. The van der Waals surface area contributed by atoms with E-state index in [1.165, 1.54) is 0 Å². The van der Waals surface area contributed by atoms with Crippen molar-refractivity contribution >= 4 is 39.1 Å². The van der Waals surface area contributed by atoms with Gasteiger partial charge in [-0.25, -0.2) is 18.5 Å².